The van der Waals surface area contributed by atoms with Gasteiger partial charge in [-0.3, -0.25) is 0 Å². The fourth-order valence-electron chi connectivity index (χ4n) is 0.888. The van der Waals surface area contributed by atoms with Gasteiger partial charge in [0.15, 0.2) is 0 Å². The van der Waals surface area contributed by atoms with Gasteiger partial charge in [-0.15, -0.1) is 12.6 Å². The summed E-state index contributed by atoms with van der Waals surface area (Å²) in [6.45, 7) is 3.78. The fraction of sp³-hybridized carbons (Fsp3) is 0.333. The van der Waals surface area contributed by atoms with Crippen LogP contribution >= 0.6 is 12.6 Å². The molecule has 0 atom stereocenters. The molecule has 0 aliphatic rings. The highest BCUT2D eigenvalue weighted by Crippen LogP contribution is 2.19. The molecule has 0 spiro atoms. The summed E-state index contributed by atoms with van der Waals surface area (Å²) < 4.78 is 18.0. The molecule has 3 heteroatoms. The quantitative estimate of drug-likeness (QED) is 0.699. The molecule has 0 amide bonds. The molecule has 0 aliphatic carbocycles. The number of halogens is 1. The minimum atomic E-state index is -0.321. The van der Waals surface area contributed by atoms with Crippen LogP contribution in [0.25, 0.3) is 0 Å². The Morgan fingerprint density at radius 2 is 2.00 bits per heavy atom. The summed E-state index contributed by atoms with van der Waals surface area (Å²) in [5, 5.41) is 0. The monoisotopic (exact) mass is 186 g/mol. The van der Waals surface area contributed by atoms with Crippen LogP contribution in [0.3, 0.4) is 0 Å². The van der Waals surface area contributed by atoms with E-state index >= 15 is 0 Å². The van der Waals surface area contributed by atoms with E-state index in [2.05, 4.69) is 12.6 Å². The Hall–Kier alpha value is -0.700. The van der Waals surface area contributed by atoms with Crippen LogP contribution in [0.4, 0.5) is 4.39 Å². The van der Waals surface area contributed by atoms with Gasteiger partial charge in [0.25, 0.3) is 0 Å². The van der Waals surface area contributed by atoms with Gasteiger partial charge in [0.05, 0.1) is 6.10 Å². The Bertz CT molecular complexity index is 253. The molecule has 0 aromatic heterocycles. The van der Waals surface area contributed by atoms with E-state index in [0.717, 1.165) is 0 Å². The third-order valence-corrected chi connectivity index (χ3v) is 1.49. The zero-order chi connectivity index (χ0) is 9.14. The van der Waals surface area contributed by atoms with Gasteiger partial charge in [0.1, 0.15) is 11.6 Å². The van der Waals surface area contributed by atoms with Crippen molar-refractivity contribution in [3.63, 3.8) is 0 Å². The molecule has 0 radical (unpaired) electrons. The van der Waals surface area contributed by atoms with E-state index in [0.29, 0.717) is 10.6 Å². The summed E-state index contributed by atoms with van der Waals surface area (Å²) in [5.74, 6) is 0.202. The first kappa shape index (κ1) is 9.39. The third-order valence-electron chi connectivity index (χ3n) is 1.23. The molecule has 1 rings (SSSR count). The van der Waals surface area contributed by atoms with Crippen LogP contribution in [0.2, 0.25) is 0 Å². The van der Waals surface area contributed by atoms with E-state index in [1.807, 2.05) is 13.8 Å². The Morgan fingerprint density at radius 1 is 1.33 bits per heavy atom. The van der Waals surface area contributed by atoms with Crippen molar-refractivity contribution in [1.29, 1.82) is 0 Å². The standard InChI is InChI=1S/C9H11FOS/c1-6(2)11-8-3-7(10)4-9(12)5-8/h3-6,12H,1-2H3. The molecule has 0 saturated carbocycles. The maximum absolute atomic E-state index is 12.7. The predicted octanol–water partition coefficient (Wildman–Crippen LogP) is 2.90. The average Bonchev–Trinajstić information content (AvgIpc) is 1.81. The molecular weight excluding hydrogens is 175 g/mol. The van der Waals surface area contributed by atoms with E-state index in [-0.39, 0.29) is 11.9 Å². The highest BCUT2D eigenvalue weighted by molar-refractivity contribution is 7.80. The topological polar surface area (TPSA) is 9.23 Å². The zero-order valence-electron chi connectivity index (χ0n) is 7.04. The molecule has 0 N–H and O–H groups in total. The van der Waals surface area contributed by atoms with Crippen molar-refractivity contribution in [3.8, 4) is 5.75 Å². The number of hydrogen-bond acceptors (Lipinski definition) is 2. The van der Waals surface area contributed by atoms with Crippen molar-refractivity contribution in [1.82, 2.24) is 0 Å². The molecule has 0 fully saturated rings. The Kier molecular flexibility index (Phi) is 2.98. The van der Waals surface area contributed by atoms with Crippen molar-refractivity contribution in [2.24, 2.45) is 0 Å². The number of ether oxygens (including phenoxy) is 1. The van der Waals surface area contributed by atoms with Crippen molar-refractivity contribution in [2.75, 3.05) is 0 Å². The molecule has 0 heterocycles. The highest BCUT2D eigenvalue weighted by Gasteiger charge is 2.00. The Morgan fingerprint density at radius 3 is 2.50 bits per heavy atom. The van der Waals surface area contributed by atoms with E-state index < -0.39 is 0 Å². The van der Waals surface area contributed by atoms with Gasteiger partial charge in [0.2, 0.25) is 0 Å². The van der Waals surface area contributed by atoms with Crippen LogP contribution in [-0.4, -0.2) is 6.10 Å². The van der Waals surface area contributed by atoms with Crippen molar-refractivity contribution < 1.29 is 9.13 Å². The molecule has 1 nitrogen and oxygen atoms in total. The largest absolute Gasteiger partial charge is 0.491 e. The second-order valence-corrected chi connectivity index (χ2v) is 3.33. The first-order valence-corrected chi connectivity index (χ1v) is 4.19. The van der Waals surface area contributed by atoms with E-state index in [9.17, 15) is 4.39 Å². The summed E-state index contributed by atoms with van der Waals surface area (Å²) in [7, 11) is 0. The molecule has 0 aliphatic heterocycles. The number of benzene rings is 1. The second-order valence-electron chi connectivity index (χ2n) is 2.81. The van der Waals surface area contributed by atoms with E-state index in [4.69, 9.17) is 4.74 Å². The normalized spacial score (nSPS) is 10.4. The van der Waals surface area contributed by atoms with Crippen LogP contribution in [0.15, 0.2) is 23.1 Å². The SMILES string of the molecule is CC(C)Oc1cc(F)cc(S)c1. The zero-order valence-corrected chi connectivity index (χ0v) is 7.94. The van der Waals surface area contributed by atoms with Crippen LogP contribution in [0, 0.1) is 5.82 Å². The van der Waals surface area contributed by atoms with Crippen LogP contribution in [-0.2, 0) is 0 Å². The molecular formula is C9H11FOS. The van der Waals surface area contributed by atoms with Gasteiger partial charge in [-0.05, 0) is 26.0 Å². The fourth-order valence-corrected chi connectivity index (χ4v) is 1.14. The maximum Gasteiger partial charge on any atom is 0.128 e. The number of hydrogen-bond donors (Lipinski definition) is 1. The minimum Gasteiger partial charge on any atom is -0.491 e. The van der Waals surface area contributed by atoms with Gasteiger partial charge in [0, 0.05) is 11.0 Å². The van der Waals surface area contributed by atoms with E-state index in [1.165, 1.54) is 12.1 Å². The van der Waals surface area contributed by atoms with Crippen LogP contribution in [0.5, 0.6) is 5.75 Å². The van der Waals surface area contributed by atoms with Gasteiger partial charge < -0.3 is 4.74 Å². The lowest BCUT2D eigenvalue weighted by Gasteiger charge is -2.09. The lowest BCUT2D eigenvalue weighted by Crippen LogP contribution is -2.05. The summed E-state index contributed by atoms with van der Waals surface area (Å²) in [4.78, 5) is 0.575. The lowest BCUT2D eigenvalue weighted by atomic mass is 10.3. The molecule has 66 valence electrons. The summed E-state index contributed by atoms with van der Waals surface area (Å²) in [6, 6.07) is 4.38. The third kappa shape index (κ3) is 2.74. The van der Waals surface area contributed by atoms with E-state index in [1.54, 1.807) is 6.07 Å². The van der Waals surface area contributed by atoms with Crippen LogP contribution < -0.4 is 4.74 Å². The van der Waals surface area contributed by atoms with Crippen LogP contribution in [0.1, 0.15) is 13.8 Å². The smallest absolute Gasteiger partial charge is 0.128 e. The van der Waals surface area contributed by atoms with Gasteiger partial charge >= 0.3 is 0 Å². The maximum atomic E-state index is 12.7. The summed E-state index contributed by atoms with van der Waals surface area (Å²) >= 11 is 4.03. The molecule has 0 bridgehead atoms. The molecule has 12 heavy (non-hydrogen) atoms. The first-order valence-electron chi connectivity index (χ1n) is 3.74. The molecule has 1 aromatic carbocycles. The van der Waals surface area contributed by atoms with Crippen molar-refractivity contribution in [2.45, 2.75) is 24.8 Å². The lowest BCUT2D eigenvalue weighted by molar-refractivity contribution is 0.241. The van der Waals surface area contributed by atoms with Gasteiger partial charge in [-0.1, -0.05) is 0 Å². The van der Waals surface area contributed by atoms with Crippen molar-refractivity contribution in [3.05, 3.63) is 24.0 Å². The Balaban J connectivity index is 2.85. The molecule has 1 aromatic rings. The first-order chi connectivity index (χ1) is 5.58. The molecule has 0 unspecified atom stereocenters. The van der Waals surface area contributed by atoms with Gasteiger partial charge in [-0.2, -0.15) is 0 Å². The highest BCUT2D eigenvalue weighted by atomic mass is 32.1. The number of thiol groups is 1. The molecule has 0 saturated heterocycles. The summed E-state index contributed by atoms with van der Waals surface area (Å²) in [6.07, 6.45) is 0.0551. The second kappa shape index (κ2) is 3.81. The Labute approximate surface area is 77.0 Å². The van der Waals surface area contributed by atoms with Crippen molar-refractivity contribution >= 4 is 12.6 Å². The minimum absolute atomic E-state index is 0.0551. The van der Waals surface area contributed by atoms with Gasteiger partial charge in [-0.25, -0.2) is 4.39 Å². The number of rotatable bonds is 2. The predicted molar refractivity (Wildman–Crippen MR) is 49.4 cm³/mol. The summed E-state index contributed by atoms with van der Waals surface area (Å²) in [5.41, 5.74) is 0. The average molecular weight is 186 g/mol.